The lowest BCUT2D eigenvalue weighted by Crippen LogP contribution is -2.46. The summed E-state index contributed by atoms with van der Waals surface area (Å²) in [4.78, 5) is 20.5. The number of nitrogens with one attached hydrogen (secondary N) is 1. The summed E-state index contributed by atoms with van der Waals surface area (Å²) in [5.74, 6) is -0.152. The standard InChI is InChI=1S/C23H20N6O/c1-15-3-4-16(9-20(15)19-10-18(12-24)21(26)28-13-19)11-23(2,14-25)29-22(30)17-5-7-27-8-6-17/h3-10,13H,11H2,1-2H3,(H2,26,28)(H,29,30). The van der Waals surface area contributed by atoms with Gasteiger partial charge in [0.2, 0.25) is 0 Å². The maximum atomic E-state index is 12.5. The summed E-state index contributed by atoms with van der Waals surface area (Å²) >= 11 is 0. The summed E-state index contributed by atoms with van der Waals surface area (Å²) in [5, 5.41) is 21.8. The number of carbonyl (C=O) groups excluding carboxylic acids is 1. The molecule has 0 fully saturated rings. The molecule has 0 aliphatic rings. The molecule has 0 aliphatic carbocycles. The molecule has 2 aromatic heterocycles. The van der Waals surface area contributed by atoms with Gasteiger partial charge in [-0.15, -0.1) is 0 Å². The molecule has 1 aromatic carbocycles. The number of carbonyl (C=O) groups is 1. The van der Waals surface area contributed by atoms with Gasteiger partial charge in [0.25, 0.3) is 5.91 Å². The average Bonchev–Trinajstić information content (AvgIpc) is 2.76. The fourth-order valence-electron chi connectivity index (χ4n) is 3.15. The molecule has 0 saturated carbocycles. The summed E-state index contributed by atoms with van der Waals surface area (Å²) in [7, 11) is 0. The lowest BCUT2D eigenvalue weighted by molar-refractivity contribution is 0.0924. The van der Waals surface area contributed by atoms with Crippen LogP contribution in [-0.2, 0) is 6.42 Å². The molecular formula is C23H20N6O. The third kappa shape index (κ3) is 4.43. The van der Waals surface area contributed by atoms with Crippen LogP contribution in [0.1, 0.15) is 34.0 Å². The number of aromatic nitrogens is 2. The van der Waals surface area contributed by atoms with E-state index in [0.717, 1.165) is 22.3 Å². The monoisotopic (exact) mass is 396 g/mol. The van der Waals surface area contributed by atoms with Crippen LogP contribution in [0, 0.1) is 29.6 Å². The largest absolute Gasteiger partial charge is 0.383 e. The van der Waals surface area contributed by atoms with Crippen LogP contribution < -0.4 is 11.1 Å². The molecule has 0 saturated heterocycles. The van der Waals surface area contributed by atoms with Crippen LogP contribution in [0.25, 0.3) is 11.1 Å². The zero-order chi connectivity index (χ0) is 21.7. The van der Waals surface area contributed by atoms with Crippen molar-refractivity contribution >= 4 is 11.7 Å². The molecule has 3 rings (SSSR count). The van der Waals surface area contributed by atoms with Crippen molar-refractivity contribution in [1.82, 2.24) is 15.3 Å². The molecule has 1 atom stereocenters. The Labute approximate surface area is 174 Å². The Morgan fingerprint density at radius 1 is 1.20 bits per heavy atom. The molecule has 0 aliphatic heterocycles. The van der Waals surface area contributed by atoms with E-state index < -0.39 is 5.54 Å². The predicted octanol–water partition coefficient (Wildman–Crippen LogP) is 3.16. The van der Waals surface area contributed by atoms with Crippen molar-refractivity contribution in [3.05, 3.63) is 77.2 Å². The highest BCUT2D eigenvalue weighted by molar-refractivity contribution is 5.94. The number of benzene rings is 1. The van der Waals surface area contributed by atoms with Gasteiger partial charge in [0, 0.05) is 36.1 Å². The van der Waals surface area contributed by atoms with Crippen LogP contribution in [0.2, 0.25) is 0 Å². The van der Waals surface area contributed by atoms with Crippen molar-refractivity contribution in [3.8, 4) is 23.3 Å². The second-order valence-electron chi connectivity index (χ2n) is 7.23. The Hall–Kier alpha value is -4.23. The van der Waals surface area contributed by atoms with E-state index in [0.29, 0.717) is 17.5 Å². The number of amides is 1. The Kier molecular flexibility index (Phi) is 5.75. The van der Waals surface area contributed by atoms with Gasteiger partial charge < -0.3 is 11.1 Å². The lowest BCUT2D eigenvalue weighted by Gasteiger charge is -2.24. The fraction of sp³-hybridized carbons (Fsp3) is 0.174. The summed E-state index contributed by atoms with van der Waals surface area (Å²) in [6.45, 7) is 3.64. The maximum absolute atomic E-state index is 12.5. The number of anilines is 1. The number of pyridine rings is 2. The molecule has 0 bridgehead atoms. The van der Waals surface area contributed by atoms with Crippen molar-refractivity contribution in [1.29, 1.82) is 10.5 Å². The Morgan fingerprint density at radius 2 is 1.93 bits per heavy atom. The topological polar surface area (TPSA) is 128 Å². The molecule has 148 valence electrons. The smallest absolute Gasteiger partial charge is 0.252 e. The van der Waals surface area contributed by atoms with Crippen molar-refractivity contribution in [2.75, 3.05) is 5.73 Å². The van der Waals surface area contributed by atoms with E-state index in [1.54, 1.807) is 31.3 Å². The molecule has 3 aromatic rings. The molecule has 1 amide bonds. The highest BCUT2D eigenvalue weighted by atomic mass is 16.1. The van der Waals surface area contributed by atoms with Gasteiger partial charge in [-0.1, -0.05) is 18.2 Å². The Balaban J connectivity index is 1.89. The zero-order valence-corrected chi connectivity index (χ0v) is 16.7. The van der Waals surface area contributed by atoms with Crippen LogP contribution in [-0.4, -0.2) is 21.4 Å². The molecule has 0 radical (unpaired) electrons. The predicted molar refractivity (Wildman–Crippen MR) is 113 cm³/mol. The van der Waals surface area contributed by atoms with E-state index in [4.69, 9.17) is 5.73 Å². The third-order valence-electron chi connectivity index (χ3n) is 4.79. The zero-order valence-electron chi connectivity index (χ0n) is 16.7. The number of hydrogen-bond donors (Lipinski definition) is 2. The summed E-state index contributed by atoms with van der Waals surface area (Å²) < 4.78 is 0. The number of hydrogen-bond acceptors (Lipinski definition) is 6. The van der Waals surface area contributed by atoms with Crippen LogP contribution in [0.3, 0.4) is 0 Å². The van der Waals surface area contributed by atoms with Crippen molar-refractivity contribution in [2.24, 2.45) is 0 Å². The summed E-state index contributed by atoms with van der Waals surface area (Å²) in [6, 6.07) is 14.9. The van der Waals surface area contributed by atoms with E-state index >= 15 is 0 Å². The van der Waals surface area contributed by atoms with E-state index in [1.165, 1.54) is 12.4 Å². The highest BCUT2D eigenvalue weighted by Crippen LogP contribution is 2.27. The Morgan fingerprint density at radius 3 is 2.60 bits per heavy atom. The molecule has 30 heavy (non-hydrogen) atoms. The first-order valence-electron chi connectivity index (χ1n) is 9.24. The molecule has 0 spiro atoms. The quantitative estimate of drug-likeness (QED) is 0.681. The van der Waals surface area contributed by atoms with Gasteiger partial charge in [0.05, 0.1) is 11.6 Å². The number of nitrogens with zero attached hydrogens (tertiary/aromatic N) is 4. The molecule has 7 nitrogen and oxygen atoms in total. The molecular weight excluding hydrogens is 376 g/mol. The van der Waals surface area contributed by atoms with Crippen LogP contribution in [0.5, 0.6) is 0 Å². The van der Waals surface area contributed by atoms with E-state index in [-0.39, 0.29) is 11.7 Å². The first-order chi connectivity index (χ1) is 14.3. The minimum absolute atomic E-state index is 0.186. The Bertz CT molecular complexity index is 1180. The van der Waals surface area contributed by atoms with Gasteiger partial charge >= 0.3 is 0 Å². The first-order valence-corrected chi connectivity index (χ1v) is 9.24. The van der Waals surface area contributed by atoms with Crippen LogP contribution in [0.4, 0.5) is 5.82 Å². The first kappa shape index (κ1) is 20.5. The van der Waals surface area contributed by atoms with Gasteiger partial charge in [-0.2, -0.15) is 10.5 Å². The fourth-order valence-corrected chi connectivity index (χ4v) is 3.15. The van der Waals surface area contributed by atoms with E-state index in [2.05, 4.69) is 21.4 Å². The van der Waals surface area contributed by atoms with Crippen LogP contribution >= 0.6 is 0 Å². The molecule has 2 heterocycles. The second-order valence-corrected chi connectivity index (χ2v) is 7.23. The third-order valence-corrected chi connectivity index (χ3v) is 4.79. The van der Waals surface area contributed by atoms with Gasteiger partial charge in [0.15, 0.2) is 0 Å². The van der Waals surface area contributed by atoms with Gasteiger partial charge in [-0.3, -0.25) is 9.78 Å². The van der Waals surface area contributed by atoms with Crippen LogP contribution in [0.15, 0.2) is 55.0 Å². The number of rotatable bonds is 5. The summed E-state index contributed by atoms with van der Waals surface area (Å²) in [5.41, 5.74) is 8.88. The van der Waals surface area contributed by atoms with Gasteiger partial charge in [-0.25, -0.2) is 4.98 Å². The number of nitriles is 2. The van der Waals surface area contributed by atoms with Crippen molar-refractivity contribution in [3.63, 3.8) is 0 Å². The average molecular weight is 396 g/mol. The van der Waals surface area contributed by atoms with Crippen molar-refractivity contribution in [2.45, 2.75) is 25.8 Å². The number of nitrogens with two attached hydrogens (primary N) is 1. The van der Waals surface area contributed by atoms with E-state index in [9.17, 15) is 15.3 Å². The lowest BCUT2D eigenvalue weighted by atomic mass is 9.90. The number of aryl methyl sites for hydroxylation is 1. The minimum Gasteiger partial charge on any atom is -0.383 e. The molecule has 1 unspecified atom stereocenters. The van der Waals surface area contributed by atoms with Gasteiger partial charge in [-0.05, 0) is 48.7 Å². The minimum atomic E-state index is -1.11. The van der Waals surface area contributed by atoms with Crippen molar-refractivity contribution < 1.29 is 4.79 Å². The van der Waals surface area contributed by atoms with E-state index in [1.807, 2.05) is 31.2 Å². The SMILES string of the molecule is Cc1ccc(CC(C)(C#N)NC(=O)c2ccncc2)cc1-c1cnc(N)c(C#N)c1. The number of nitrogen functional groups attached to an aromatic ring is 1. The summed E-state index contributed by atoms with van der Waals surface area (Å²) in [6.07, 6.45) is 4.99. The maximum Gasteiger partial charge on any atom is 0.252 e. The molecule has 7 heteroatoms. The normalized spacial score (nSPS) is 12.3. The molecule has 3 N–H and O–H groups in total. The van der Waals surface area contributed by atoms with Gasteiger partial charge in [0.1, 0.15) is 17.4 Å². The highest BCUT2D eigenvalue weighted by Gasteiger charge is 2.27. The second kappa shape index (κ2) is 8.42.